The molecule has 3 aromatic rings. The molecule has 11 nitrogen and oxygen atoms in total. The predicted octanol–water partition coefficient (Wildman–Crippen LogP) is 3.48. The molecule has 1 amide bonds. The third-order valence-corrected chi connectivity index (χ3v) is 6.19. The van der Waals surface area contributed by atoms with E-state index in [1.807, 2.05) is 26.8 Å². The minimum absolute atomic E-state index is 0.0338. The standard InChI is InChI=1S/C25H26BrN5O6/c1-25(2,3)24-28-19-6-5-17(26)13-18(19)23(33)30(24)27-14-16-4-7-21(20(12-16)31(34)35)37-15-22(32)29-8-10-36-11-9-29/h4-7,12-14H,8-11,15H2,1-3H3. The maximum Gasteiger partial charge on any atom is 0.311 e. The fourth-order valence-electron chi connectivity index (χ4n) is 3.79. The van der Waals surface area contributed by atoms with E-state index < -0.39 is 10.3 Å². The maximum absolute atomic E-state index is 13.3. The number of carbonyl (C=O) groups excluding carboxylic acids is 1. The summed E-state index contributed by atoms with van der Waals surface area (Å²) in [4.78, 5) is 43.0. The van der Waals surface area contributed by atoms with Crippen molar-refractivity contribution in [3.63, 3.8) is 0 Å². The van der Waals surface area contributed by atoms with Crippen LogP contribution in [-0.2, 0) is 14.9 Å². The van der Waals surface area contributed by atoms with E-state index in [-0.39, 0.29) is 29.5 Å². The van der Waals surface area contributed by atoms with Crippen LogP contribution in [0.2, 0.25) is 0 Å². The third-order valence-electron chi connectivity index (χ3n) is 5.70. The van der Waals surface area contributed by atoms with Gasteiger partial charge in [0, 0.05) is 34.6 Å². The number of carbonyl (C=O) groups is 1. The summed E-state index contributed by atoms with van der Waals surface area (Å²) in [6.07, 6.45) is 1.36. The molecule has 2 aromatic carbocycles. The summed E-state index contributed by atoms with van der Waals surface area (Å²) in [6.45, 7) is 7.24. The Kier molecular flexibility index (Phi) is 7.69. The first-order chi connectivity index (χ1) is 17.5. The number of ether oxygens (including phenoxy) is 2. The van der Waals surface area contributed by atoms with E-state index in [0.717, 1.165) is 4.47 Å². The number of halogens is 1. The largest absolute Gasteiger partial charge is 0.477 e. The van der Waals surface area contributed by atoms with Gasteiger partial charge in [-0.15, -0.1) is 0 Å². The van der Waals surface area contributed by atoms with Crippen molar-refractivity contribution in [3.05, 3.63) is 72.7 Å². The minimum Gasteiger partial charge on any atom is -0.477 e. The monoisotopic (exact) mass is 571 g/mol. The lowest BCUT2D eigenvalue weighted by molar-refractivity contribution is -0.385. The molecule has 0 saturated carbocycles. The number of aromatic nitrogens is 2. The molecule has 1 saturated heterocycles. The van der Waals surface area contributed by atoms with E-state index in [1.54, 1.807) is 23.1 Å². The van der Waals surface area contributed by atoms with E-state index in [1.165, 1.54) is 23.0 Å². The Labute approximate surface area is 221 Å². The van der Waals surface area contributed by atoms with Crippen molar-refractivity contribution >= 4 is 44.6 Å². The Morgan fingerprint density at radius 3 is 2.65 bits per heavy atom. The molecule has 0 unspecified atom stereocenters. The number of morpholine rings is 1. The summed E-state index contributed by atoms with van der Waals surface area (Å²) in [5.41, 5.74) is -0.256. The summed E-state index contributed by atoms with van der Waals surface area (Å²) >= 11 is 3.38. The van der Waals surface area contributed by atoms with Crippen LogP contribution in [0.4, 0.5) is 5.69 Å². The number of nitrogens with zero attached hydrogens (tertiary/aromatic N) is 5. The van der Waals surface area contributed by atoms with Gasteiger partial charge in [-0.25, -0.2) is 4.98 Å². The molecule has 1 aromatic heterocycles. The summed E-state index contributed by atoms with van der Waals surface area (Å²) in [5.74, 6) is 0.140. The second-order valence-electron chi connectivity index (χ2n) is 9.47. The van der Waals surface area contributed by atoms with Crippen molar-refractivity contribution in [3.8, 4) is 5.75 Å². The number of benzene rings is 2. The van der Waals surface area contributed by atoms with Gasteiger partial charge in [-0.05, 0) is 30.3 Å². The fraction of sp³-hybridized carbons (Fsp3) is 0.360. The van der Waals surface area contributed by atoms with Crippen molar-refractivity contribution in [1.29, 1.82) is 0 Å². The molecule has 0 aliphatic carbocycles. The average Bonchev–Trinajstić information content (AvgIpc) is 2.87. The number of amides is 1. The van der Waals surface area contributed by atoms with Crippen LogP contribution in [-0.4, -0.2) is 64.5 Å². The Morgan fingerprint density at radius 1 is 1.24 bits per heavy atom. The molecule has 1 fully saturated rings. The Bertz CT molecular complexity index is 1440. The van der Waals surface area contributed by atoms with Gasteiger partial charge in [0.25, 0.3) is 11.5 Å². The summed E-state index contributed by atoms with van der Waals surface area (Å²) in [5, 5.41) is 16.5. The predicted molar refractivity (Wildman–Crippen MR) is 141 cm³/mol. The Hall–Kier alpha value is -3.64. The molecule has 1 aliphatic rings. The average molecular weight is 572 g/mol. The highest BCUT2D eigenvalue weighted by molar-refractivity contribution is 9.10. The molecule has 194 valence electrons. The summed E-state index contributed by atoms with van der Waals surface area (Å²) in [7, 11) is 0. The molecule has 1 aliphatic heterocycles. The molecule has 0 N–H and O–H groups in total. The second-order valence-corrected chi connectivity index (χ2v) is 10.4. The first-order valence-corrected chi connectivity index (χ1v) is 12.4. The van der Waals surface area contributed by atoms with Gasteiger partial charge in [-0.1, -0.05) is 36.7 Å². The van der Waals surface area contributed by atoms with Crippen LogP contribution in [0.25, 0.3) is 10.9 Å². The number of nitro benzene ring substituents is 1. The zero-order valence-corrected chi connectivity index (χ0v) is 22.2. The molecule has 0 atom stereocenters. The van der Waals surface area contributed by atoms with Crippen LogP contribution in [0.3, 0.4) is 0 Å². The van der Waals surface area contributed by atoms with Crippen LogP contribution in [0, 0.1) is 10.1 Å². The molecule has 0 radical (unpaired) electrons. The van der Waals surface area contributed by atoms with Gasteiger partial charge in [0.1, 0.15) is 5.82 Å². The first kappa shape index (κ1) is 26.4. The van der Waals surface area contributed by atoms with Gasteiger partial charge < -0.3 is 14.4 Å². The summed E-state index contributed by atoms with van der Waals surface area (Å²) in [6, 6.07) is 9.51. The lowest BCUT2D eigenvalue weighted by Crippen LogP contribution is -2.43. The van der Waals surface area contributed by atoms with Crippen molar-refractivity contribution < 1.29 is 19.2 Å². The Balaban J connectivity index is 1.64. The van der Waals surface area contributed by atoms with E-state index in [2.05, 4.69) is 26.0 Å². The van der Waals surface area contributed by atoms with Gasteiger partial charge in [-0.3, -0.25) is 19.7 Å². The van der Waals surface area contributed by atoms with Crippen LogP contribution >= 0.6 is 15.9 Å². The molecule has 2 heterocycles. The highest BCUT2D eigenvalue weighted by Crippen LogP contribution is 2.28. The topological polar surface area (TPSA) is 129 Å². The Morgan fingerprint density at radius 2 is 1.97 bits per heavy atom. The van der Waals surface area contributed by atoms with Crippen LogP contribution in [0.1, 0.15) is 32.2 Å². The highest BCUT2D eigenvalue weighted by Gasteiger charge is 2.24. The zero-order valence-electron chi connectivity index (χ0n) is 20.6. The molecular formula is C25H26BrN5O6. The van der Waals surface area contributed by atoms with Gasteiger partial charge in [0.15, 0.2) is 12.4 Å². The van der Waals surface area contributed by atoms with Crippen molar-refractivity contribution in [2.45, 2.75) is 26.2 Å². The molecule has 12 heteroatoms. The van der Waals surface area contributed by atoms with Crippen LogP contribution < -0.4 is 10.3 Å². The van der Waals surface area contributed by atoms with Crippen LogP contribution in [0.5, 0.6) is 5.75 Å². The lowest BCUT2D eigenvalue weighted by Gasteiger charge is -2.26. The quantitative estimate of drug-likeness (QED) is 0.251. The number of hydrogen-bond donors (Lipinski definition) is 0. The van der Waals surface area contributed by atoms with Gasteiger partial charge in [-0.2, -0.15) is 9.78 Å². The number of hydrogen-bond acceptors (Lipinski definition) is 8. The SMILES string of the molecule is CC(C)(C)c1nc2ccc(Br)cc2c(=O)n1N=Cc1ccc(OCC(=O)N2CCOCC2)c([N+](=O)[O-])c1. The smallest absolute Gasteiger partial charge is 0.311 e. The first-order valence-electron chi connectivity index (χ1n) is 11.6. The lowest BCUT2D eigenvalue weighted by atomic mass is 9.95. The molecule has 0 bridgehead atoms. The normalized spacial score (nSPS) is 14.3. The molecular weight excluding hydrogens is 546 g/mol. The van der Waals surface area contributed by atoms with Crippen molar-refractivity contribution in [2.75, 3.05) is 32.9 Å². The molecule has 37 heavy (non-hydrogen) atoms. The van der Waals surface area contributed by atoms with E-state index >= 15 is 0 Å². The van der Waals surface area contributed by atoms with E-state index in [4.69, 9.17) is 9.47 Å². The van der Waals surface area contributed by atoms with Crippen molar-refractivity contribution in [1.82, 2.24) is 14.6 Å². The summed E-state index contributed by atoms with van der Waals surface area (Å²) < 4.78 is 12.7. The fourth-order valence-corrected chi connectivity index (χ4v) is 4.15. The second kappa shape index (κ2) is 10.8. The molecule has 0 spiro atoms. The van der Waals surface area contributed by atoms with Crippen molar-refractivity contribution in [2.24, 2.45) is 5.10 Å². The van der Waals surface area contributed by atoms with E-state index in [9.17, 15) is 19.7 Å². The highest BCUT2D eigenvalue weighted by atomic mass is 79.9. The van der Waals surface area contributed by atoms with E-state index in [0.29, 0.717) is 48.6 Å². The van der Waals surface area contributed by atoms with Crippen LogP contribution in [0.15, 0.2) is 50.8 Å². The number of nitro groups is 1. The number of rotatable bonds is 6. The van der Waals surface area contributed by atoms with Gasteiger partial charge in [0.2, 0.25) is 0 Å². The van der Waals surface area contributed by atoms with Gasteiger partial charge >= 0.3 is 5.69 Å². The van der Waals surface area contributed by atoms with Gasteiger partial charge in [0.05, 0.1) is 35.3 Å². The third kappa shape index (κ3) is 6.03. The number of fused-ring (bicyclic) bond motifs is 1. The minimum atomic E-state index is -0.590. The maximum atomic E-state index is 13.3. The zero-order chi connectivity index (χ0) is 26.7. The molecule has 4 rings (SSSR count).